The van der Waals surface area contributed by atoms with Crippen molar-refractivity contribution < 1.29 is 14.6 Å². The average Bonchev–Trinajstić information content (AvgIpc) is 2.26. The molecule has 74 valence electrons. The first-order valence-corrected chi connectivity index (χ1v) is 4.68. The zero-order chi connectivity index (χ0) is 9.68. The van der Waals surface area contributed by atoms with E-state index in [0.717, 1.165) is 24.8 Å². The molecule has 0 amide bonds. The summed E-state index contributed by atoms with van der Waals surface area (Å²) in [5.41, 5.74) is 1.04. The molecule has 1 rings (SSSR count). The molecule has 0 heterocycles. The Balaban J connectivity index is 2.37. The van der Waals surface area contributed by atoms with E-state index in [-0.39, 0.29) is 12.1 Å². The Morgan fingerprint density at radius 1 is 1.77 bits per heavy atom. The lowest BCUT2D eigenvalue weighted by Gasteiger charge is -2.09. The van der Waals surface area contributed by atoms with Crippen LogP contribution in [0.1, 0.15) is 32.6 Å². The number of aliphatic hydroxyl groups is 1. The average molecular weight is 184 g/mol. The quantitative estimate of drug-likeness (QED) is 0.521. The molecule has 0 aromatic rings. The minimum atomic E-state index is -0.264. The molecule has 0 saturated heterocycles. The fourth-order valence-electron chi connectivity index (χ4n) is 1.46. The molecule has 0 saturated carbocycles. The minimum absolute atomic E-state index is 0.260. The van der Waals surface area contributed by atoms with Crippen LogP contribution in [-0.2, 0) is 9.53 Å². The number of hydrogen-bond donors (Lipinski definition) is 1. The summed E-state index contributed by atoms with van der Waals surface area (Å²) in [5, 5.41) is 9.44. The normalized spacial score (nSPS) is 23.2. The summed E-state index contributed by atoms with van der Waals surface area (Å²) < 4.78 is 4.87. The Morgan fingerprint density at radius 2 is 2.54 bits per heavy atom. The van der Waals surface area contributed by atoms with Crippen LogP contribution < -0.4 is 0 Å². The summed E-state index contributed by atoms with van der Waals surface area (Å²) in [7, 11) is 0. The van der Waals surface area contributed by atoms with Crippen LogP contribution in [0.4, 0.5) is 0 Å². The van der Waals surface area contributed by atoms with Crippen molar-refractivity contribution in [2.24, 2.45) is 0 Å². The van der Waals surface area contributed by atoms with Crippen molar-refractivity contribution in [2.45, 2.75) is 38.7 Å². The van der Waals surface area contributed by atoms with Gasteiger partial charge in [-0.25, -0.2) is 0 Å². The largest absolute Gasteiger partial charge is 0.461 e. The van der Waals surface area contributed by atoms with E-state index in [1.165, 1.54) is 6.92 Å². The molecule has 0 aromatic heterocycles. The lowest BCUT2D eigenvalue weighted by molar-refractivity contribution is -0.140. The molecule has 1 N–H and O–H groups in total. The van der Waals surface area contributed by atoms with Crippen molar-refractivity contribution in [3.05, 3.63) is 11.6 Å². The molecule has 1 atom stereocenters. The molecule has 0 spiro atoms. The van der Waals surface area contributed by atoms with Crippen molar-refractivity contribution in [3.8, 4) is 0 Å². The van der Waals surface area contributed by atoms with Gasteiger partial charge in [0.15, 0.2) is 0 Å². The van der Waals surface area contributed by atoms with Gasteiger partial charge in [0, 0.05) is 6.92 Å². The van der Waals surface area contributed by atoms with Crippen molar-refractivity contribution in [1.82, 2.24) is 0 Å². The maximum absolute atomic E-state index is 10.5. The fourth-order valence-corrected chi connectivity index (χ4v) is 1.46. The van der Waals surface area contributed by atoms with Crippen LogP contribution in [0.5, 0.6) is 0 Å². The zero-order valence-electron chi connectivity index (χ0n) is 7.95. The third kappa shape index (κ3) is 4.08. The second-order valence-corrected chi connectivity index (χ2v) is 3.43. The first-order valence-electron chi connectivity index (χ1n) is 4.68. The molecule has 0 bridgehead atoms. The summed E-state index contributed by atoms with van der Waals surface area (Å²) in [5.74, 6) is -0.264. The molecule has 3 nitrogen and oxygen atoms in total. The van der Waals surface area contributed by atoms with E-state index in [4.69, 9.17) is 4.74 Å². The molecule has 3 heteroatoms. The smallest absolute Gasteiger partial charge is 0.302 e. The van der Waals surface area contributed by atoms with Crippen molar-refractivity contribution in [2.75, 3.05) is 6.61 Å². The van der Waals surface area contributed by atoms with Crippen LogP contribution in [0, 0.1) is 0 Å². The third-order valence-electron chi connectivity index (χ3n) is 2.13. The van der Waals surface area contributed by atoms with Gasteiger partial charge in [0.05, 0.1) is 6.10 Å². The second kappa shape index (κ2) is 5.02. The lowest BCUT2D eigenvalue weighted by atomic mass is 10.1. The van der Waals surface area contributed by atoms with Crippen molar-refractivity contribution in [3.63, 3.8) is 0 Å². The van der Waals surface area contributed by atoms with Gasteiger partial charge in [-0.3, -0.25) is 4.79 Å². The fraction of sp³-hybridized carbons (Fsp3) is 0.700. The highest BCUT2D eigenvalue weighted by Gasteiger charge is 2.11. The SMILES string of the molecule is CC(=O)OCC1=CCCCC(O)C1. The summed E-state index contributed by atoms with van der Waals surface area (Å²) in [6.07, 6.45) is 5.30. The summed E-state index contributed by atoms with van der Waals surface area (Å²) in [6.45, 7) is 1.74. The van der Waals surface area contributed by atoms with Gasteiger partial charge in [0.1, 0.15) is 6.61 Å². The van der Waals surface area contributed by atoms with Crippen LogP contribution >= 0.6 is 0 Å². The second-order valence-electron chi connectivity index (χ2n) is 3.43. The van der Waals surface area contributed by atoms with Gasteiger partial charge in [0.2, 0.25) is 0 Å². The van der Waals surface area contributed by atoms with Crippen LogP contribution in [0.2, 0.25) is 0 Å². The summed E-state index contributed by atoms with van der Waals surface area (Å²) in [6, 6.07) is 0. The highest BCUT2D eigenvalue weighted by Crippen LogP contribution is 2.17. The van der Waals surface area contributed by atoms with Crippen LogP contribution in [0.3, 0.4) is 0 Å². The molecular weight excluding hydrogens is 168 g/mol. The molecule has 0 radical (unpaired) electrons. The van der Waals surface area contributed by atoms with E-state index in [9.17, 15) is 9.90 Å². The van der Waals surface area contributed by atoms with Crippen LogP contribution in [0.15, 0.2) is 11.6 Å². The number of hydrogen-bond acceptors (Lipinski definition) is 3. The van der Waals surface area contributed by atoms with Crippen molar-refractivity contribution in [1.29, 1.82) is 0 Å². The topological polar surface area (TPSA) is 46.5 Å². The summed E-state index contributed by atoms with van der Waals surface area (Å²) in [4.78, 5) is 10.5. The Hall–Kier alpha value is -0.830. The number of allylic oxidation sites excluding steroid dienone is 1. The number of carbonyl (C=O) groups is 1. The number of rotatable bonds is 2. The predicted molar refractivity (Wildman–Crippen MR) is 49.2 cm³/mol. The maximum atomic E-state index is 10.5. The highest BCUT2D eigenvalue weighted by atomic mass is 16.5. The van der Waals surface area contributed by atoms with E-state index in [1.54, 1.807) is 0 Å². The van der Waals surface area contributed by atoms with E-state index < -0.39 is 0 Å². The first kappa shape index (κ1) is 10.3. The standard InChI is InChI=1S/C10H16O3/c1-8(11)13-7-9-4-2-3-5-10(12)6-9/h4,10,12H,2-3,5-7H2,1H3. The Labute approximate surface area is 78.4 Å². The third-order valence-corrected chi connectivity index (χ3v) is 2.13. The minimum Gasteiger partial charge on any atom is -0.461 e. The summed E-state index contributed by atoms with van der Waals surface area (Å²) >= 11 is 0. The number of esters is 1. The monoisotopic (exact) mass is 184 g/mol. The van der Waals surface area contributed by atoms with Gasteiger partial charge in [0.25, 0.3) is 0 Å². The molecule has 0 aliphatic heterocycles. The van der Waals surface area contributed by atoms with Crippen LogP contribution in [-0.4, -0.2) is 23.8 Å². The van der Waals surface area contributed by atoms with Crippen molar-refractivity contribution >= 4 is 5.97 Å². The number of ether oxygens (including phenoxy) is 1. The molecule has 1 aliphatic rings. The predicted octanol–water partition coefficient (Wildman–Crippen LogP) is 1.41. The lowest BCUT2D eigenvalue weighted by Crippen LogP contribution is -2.10. The van der Waals surface area contributed by atoms with E-state index >= 15 is 0 Å². The Kier molecular flexibility index (Phi) is 3.96. The number of aliphatic hydroxyl groups excluding tert-OH is 1. The van der Waals surface area contributed by atoms with Gasteiger partial charge in [-0.15, -0.1) is 0 Å². The van der Waals surface area contributed by atoms with E-state index in [2.05, 4.69) is 6.08 Å². The first-order chi connectivity index (χ1) is 6.18. The number of carbonyl (C=O) groups excluding carboxylic acids is 1. The van der Waals surface area contributed by atoms with Gasteiger partial charge in [-0.1, -0.05) is 6.08 Å². The Morgan fingerprint density at radius 3 is 3.23 bits per heavy atom. The molecule has 1 aliphatic carbocycles. The zero-order valence-corrected chi connectivity index (χ0v) is 7.95. The van der Waals surface area contributed by atoms with Gasteiger partial charge < -0.3 is 9.84 Å². The van der Waals surface area contributed by atoms with Gasteiger partial charge in [-0.2, -0.15) is 0 Å². The van der Waals surface area contributed by atoms with E-state index in [0.29, 0.717) is 13.0 Å². The molecule has 0 fully saturated rings. The van der Waals surface area contributed by atoms with E-state index in [1.807, 2.05) is 0 Å². The highest BCUT2D eigenvalue weighted by molar-refractivity contribution is 5.66. The molecular formula is C10H16O3. The van der Waals surface area contributed by atoms with Gasteiger partial charge >= 0.3 is 5.97 Å². The molecule has 0 aromatic carbocycles. The van der Waals surface area contributed by atoms with Gasteiger partial charge in [-0.05, 0) is 31.3 Å². The maximum Gasteiger partial charge on any atom is 0.302 e. The van der Waals surface area contributed by atoms with Crippen LogP contribution in [0.25, 0.3) is 0 Å². The molecule has 1 unspecified atom stereocenters. The molecule has 13 heavy (non-hydrogen) atoms. The Bertz CT molecular complexity index is 208.